The highest BCUT2D eigenvalue weighted by Crippen LogP contribution is 2.20. The minimum absolute atomic E-state index is 0.0174. The maximum atomic E-state index is 10.6. The van der Waals surface area contributed by atoms with Gasteiger partial charge in [0.2, 0.25) is 5.88 Å². The summed E-state index contributed by atoms with van der Waals surface area (Å²) in [6, 6.07) is 2.83. The first-order valence-corrected chi connectivity index (χ1v) is 5.32. The van der Waals surface area contributed by atoms with Gasteiger partial charge in [0.05, 0.1) is 12.0 Å². The van der Waals surface area contributed by atoms with Crippen molar-refractivity contribution in [2.24, 2.45) is 5.73 Å². The Morgan fingerprint density at radius 3 is 2.38 bits per heavy atom. The van der Waals surface area contributed by atoms with E-state index < -0.39 is 17.1 Å². The lowest BCUT2D eigenvalue weighted by Gasteiger charge is -2.02. The maximum absolute atomic E-state index is 10.6. The summed E-state index contributed by atoms with van der Waals surface area (Å²) in [5, 5.41) is 17.7. The van der Waals surface area contributed by atoms with Crippen molar-refractivity contribution < 1.29 is 32.7 Å². The molecular weight excluding hydrogens is 299 g/mol. The molecule has 0 saturated carbocycles. The summed E-state index contributed by atoms with van der Waals surface area (Å²) in [7, 11) is 1.46. The van der Waals surface area contributed by atoms with Gasteiger partial charge in [-0.2, -0.15) is 13.2 Å². The van der Waals surface area contributed by atoms with E-state index in [9.17, 15) is 23.3 Å². The summed E-state index contributed by atoms with van der Waals surface area (Å²) in [5.74, 6) is -2.40. The molecule has 11 heteroatoms. The Hall–Kier alpha value is -2.43. The van der Waals surface area contributed by atoms with Crippen LogP contribution in [0.5, 0.6) is 5.88 Å². The molecule has 1 heterocycles. The Balaban J connectivity index is 0.000000486. The average Bonchev–Trinajstić information content (AvgIpc) is 2.38. The molecule has 1 rings (SSSR count). The number of nitrogens with zero attached hydrogens (tertiary/aromatic N) is 2. The minimum atomic E-state index is -5.08. The first kappa shape index (κ1) is 18.6. The Bertz CT molecular complexity index is 507. The molecule has 118 valence electrons. The van der Waals surface area contributed by atoms with Crippen molar-refractivity contribution in [1.82, 2.24) is 4.98 Å². The van der Waals surface area contributed by atoms with Crippen molar-refractivity contribution in [2.75, 3.05) is 13.7 Å². The number of hydrogen-bond acceptors (Lipinski definition) is 6. The second-order valence-electron chi connectivity index (χ2n) is 3.42. The minimum Gasteiger partial charge on any atom is -0.481 e. The molecule has 0 aliphatic rings. The van der Waals surface area contributed by atoms with E-state index in [1.54, 1.807) is 0 Å². The van der Waals surface area contributed by atoms with Crippen LogP contribution >= 0.6 is 0 Å². The number of methoxy groups -OCH3 is 1. The third-order valence-corrected chi connectivity index (χ3v) is 1.95. The standard InChI is InChI=1S/C8H11N3O3.C2HF3O2/c1-14-8-3-2-7(11(12)13)6(10-8)4-5-9;3-2(4,5)1(6)7/h2-3H,4-5,9H2,1H3;(H,6,7). The van der Waals surface area contributed by atoms with Crippen molar-refractivity contribution in [1.29, 1.82) is 0 Å². The largest absolute Gasteiger partial charge is 0.490 e. The quantitative estimate of drug-likeness (QED) is 0.630. The summed E-state index contributed by atoms with van der Waals surface area (Å²) in [6.45, 7) is 0.320. The Labute approximate surface area is 116 Å². The van der Waals surface area contributed by atoms with Gasteiger partial charge in [-0.25, -0.2) is 9.78 Å². The van der Waals surface area contributed by atoms with Crippen molar-refractivity contribution in [3.8, 4) is 5.88 Å². The number of halogens is 3. The van der Waals surface area contributed by atoms with Gasteiger partial charge in [-0.1, -0.05) is 0 Å². The van der Waals surface area contributed by atoms with Crippen LogP contribution in [0.15, 0.2) is 12.1 Å². The fourth-order valence-electron chi connectivity index (χ4n) is 1.07. The molecule has 8 nitrogen and oxygen atoms in total. The fourth-order valence-corrected chi connectivity index (χ4v) is 1.07. The van der Waals surface area contributed by atoms with E-state index in [1.165, 1.54) is 19.2 Å². The fraction of sp³-hybridized carbons (Fsp3) is 0.400. The lowest BCUT2D eigenvalue weighted by Crippen LogP contribution is -2.21. The molecule has 0 spiro atoms. The van der Waals surface area contributed by atoms with Crippen LogP contribution in [-0.2, 0) is 11.2 Å². The number of carboxylic acids is 1. The van der Waals surface area contributed by atoms with Crippen LogP contribution in [0.2, 0.25) is 0 Å². The molecule has 1 aromatic rings. The molecule has 0 aliphatic carbocycles. The second kappa shape index (κ2) is 7.99. The van der Waals surface area contributed by atoms with Gasteiger partial charge < -0.3 is 15.6 Å². The zero-order valence-corrected chi connectivity index (χ0v) is 10.8. The molecule has 0 unspecified atom stereocenters. The number of pyridine rings is 1. The summed E-state index contributed by atoms with van der Waals surface area (Å²) in [6.07, 6.45) is -4.71. The highest BCUT2D eigenvalue weighted by Gasteiger charge is 2.38. The molecule has 0 aliphatic heterocycles. The normalized spacial score (nSPS) is 10.3. The van der Waals surface area contributed by atoms with Crippen LogP contribution in [0.25, 0.3) is 0 Å². The van der Waals surface area contributed by atoms with Gasteiger partial charge in [0.15, 0.2) is 0 Å². The Morgan fingerprint density at radius 2 is 2.05 bits per heavy atom. The van der Waals surface area contributed by atoms with E-state index in [-0.39, 0.29) is 5.69 Å². The summed E-state index contributed by atoms with van der Waals surface area (Å²) < 4.78 is 36.6. The van der Waals surface area contributed by atoms with Gasteiger partial charge in [-0.3, -0.25) is 10.1 Å². The summed E-state index contributed by atoms with van der Waals surface area (Å²) in [5.41, 5.74) is 5.66. The molecule has 1 aromatic heterocycles. The van der Waals surface area contributed by atoms with Gasteiger partial charge in [0.25, 0.3) is 5.69 Å². The van der Waals surface area contributed by atoms with Gasteiger partial charge in [0.1, 0.15) is 5.69 Å². The first-order chi connectivity index (χ1) is 9.63. The van der Waals surface area contributed by atoms with Crippen molar-refractivity contribution in [3.63, 3.8) is 0 Å². The number of aliphatic carboxylic acids is 1. The van der Waals surface area contributed by atoms with E-state index in [4.69, 9.17) is 20.4 Å². The van der Waals surface area contributed by atoms with E-state index in [0.29, 0.717) is 24.5 Å². The molecule has 0 saturated heterocycles. The highest BCUT2D eigenvalue weighted by atomic mass is 19.4. The number of carbonyl (C=O) groups is 1. The molecule has 3 N–H and O–H groups in total. The van der Waals surface area contributed by atoms with E-state index in [2.05, 4.69) is 4.98 Å². The van der Waals surface area contributed by atoms with Crippen molar-refractivity contribution >= 4 is 11.7 Å². The zero-order chi connectivity index (χ0) is 16.6. The van der Waals surface area contributed by atoms with Crippen LogP contribution in [0, 0.1) is 10.1 Å². The number of alkyl halides is 3. The first-order valence-electron chi connectivity index (χ1n) is 5.32. The van der Waals surface area contributed by atoms with Gasteiger partial charge in [-0.15, -0.1) is 0 Å². The lowest BCUT2D eigenvalue weighted by atomic mass is 10.2. The zero-order valence-electron chi connectivity index (χ0n) is 10.8. The summed E-state index contributed by atoms with van der Waals surface area (Å²) >= 11 is 0. The number of nitrogens with two attached hydrogens (primary N) is 1. The average molecular weight is 311 g/mol. The number of rotatable bonds is 4. The van der Waals surface area contributed by atoms with Crippen LogP contribution in [0.1, 0.15) is 5.69 Å². The molecule has 21 heavy (non-hydrogen) atoms. The van der Waals surface area contributed by atoms with Gasteiger partial charge in [-0.05, 0) is 6.54 Å². The molecule has 0 atom stereocenters. The molecule has 0 amide bonds. The van der Waals surface area contributed by atoms with Crippen LogP contribution in [0.4, 0.5) is 18.9 Å². The molecular formula is C10H12F3N3O5. The lowest BCUT2D eigenvalue weighted by molar-refractivity contribution is -0.385. The predicted octanol–water partition coefficient (Wildman–Crippen LogP) is 1.13. The molecule has 0 fully saturated rings. The van der Waals surface area contributed by atoms with E-state index in [0.717, 1.165) is 0 Å². The monoisotopic (exact) mass is 311 g/mol. The number of hydrogen-bond donors (Lipinski definition) is 2. The SMILES string of the molecule is COc1ccc([N+](=O)[O-])c(CCN)n1.O=C(O)C(F)(F)F. The third-order valence-electron chi connectivity index (χ3n) is 1.95. The third kappa shape index (κ3) is 6.51. The topological polar surface area (TPSA) is 129 Å². The number of ether oxygens (including phenoxy) is 1. The number of nitro groups is 1. The molecule has 0 radical (unpaired) electrons. The number of carboxylic acid groups (broad SMARTS) is 1. The van der Waals surface area contributed by atoms with Gasteiger partial charge in [0, 0.05) is 18.6 Å². The Morgan fingerprint density at radius 1 is 1.52 bits per heavy atom. The number of aromatic nitrogens is 1. The smallest absolute Gasteiger partial charge is 0.481 e. The second-order valence-corrected chi connectivity index (χ2v) is 3.42. The van der Waals surface area contributed by atoms with Crippen LogP contribution in [0.3, 0.4) is 0 Å². The van der Waals surface area contributed by atoms with Gasteiger partial charge >= 0.3 is 12.1 Å². The van der Waals surface area contributed by atoms with Crippen molar-refractivity contribution in [3.05, 3.63) is 27.9 Å². The molecule has 0 bridgehead atoms. The summed E-state index contributed by atoms with van der Waals surface area (Å²) in [4.78, 5) is 23.0. The Kier molecular flexibility index (Phi) is 7.07. The predicted molar refractivity (Wildman–Crippen MR) is 63.9 cm³/mol. The van der Waals surface area contributed by atoms with Crippen LogP contribution in [-0.4, -0.2) is 40.8 Å². The van der Waals surface area contributed by atoms with Crippen molar-refractivity contribution in [2.45, 2.75) is 12.6 Å². The maximum Gasteiger partial charge on any atom is 0.490 e. The van der Waals surface area contributed by atoms with Crippen LogP contribution < -0.4 is 10.5 Å². The molecule has 0 aromatic carbocycles. The van der Waals surface area contributed by atoms with E-state index in [1.807, 2.05) is 0 Å². The van der Waals surface area contributed by atoms with E-state index >= 15 is 0 Å². The highest BCUT2D eigenvalue weighted by molar-refractivity contribution is 5.73.